The minimum absolute atomic E-state index is 0.736. The lowest BCUT2D eigenvalue weighted by Crippen LogP contribution is -2.50. The zero-order chi connectivity index (χ0) is 17.8. The number of benzene rings is 2. The number of para-hydroxylation sites is 2. The van der Waals surface area contributed by atoms with Crippen molar-refractivity contribution in [3.05, 3.63) is 53.1 Å². The van der Waals surface area contributed by atoms with E-state index in [9.17, 15) is 0 Å². The molecule has 1 heterocycles. The summed E-state index contributed by atoms with van der Waals surface area (Å²) in [4.78, 5) is 4.52. The fourth-order valence-electron chi connectivity index (χ4n) is 2.91. The van der Waals surface area contributed by atoms with Gasteiger partial charge in [0.05, 0.1) is 12.8 Å². The van der Waals surface area contributed by atoms with Gasteiger partial charge in [-0.05, 0) is 49.0 Å². The van der Waals surface area contributed by atoms with Gasteiger partial charge in [0, 0.05) is 36.9 Å². The maximum absolute atomic E-state index is 6.18. The lowest BCUT2D eigenvalue weighted by Gasteiger charge is -2.37. The van der Waals surface area contributed by atoms with Gasteiger partial charge in [-0.1, -0.05) is 29.8 Å². The molecule has 6 heteroatoms. The molecular formula is C19H22ClN3OS. The molecular weight excluding hydrogens is 354 g/mol. The lowest BCUT2D eigenvalue weighted by atomic mass is 10.2. The van der Waals surface area contributed by atoms with Crippen LogP contribution in [0.5, 0.6) is 5.75 Å². The van der Waals surface area contributed by atoms with Crippen molar-refractivity contribution in [1.29, 1.82) is 0 Å². The summed E-state index contributed by atoms with van der Waals surface area (Å²) in [6.45, 7) is 5.52. The Morgan fingerprint density at radius 1 is 1.12 bits per heavy atom. The summed E-state index contributed by atoms with van der Waals surface area (Å²) < 4.78 is 5.47. The third-order valence-electron chi connectivity index (χ3n) is 4.42. The number of anilines is 2. The van der Waals surface area contributed by atoms with Crippen LogP contribution in [-0.2, 0) is 0 Å². The first-order valence-electron chi connectivity index (χ1n) is 8.28. The smallest absolute Gasteiger partial charge is 0.173 e. The van der Waals surface area contributed by atoms with E-state index >= 15 is 0 Å². The Morgan fingerprint density at radius 3 is 2.52 bits per heavy atom. The van der Waals surface area contributed by atoms with E-state index < -0.39 is 0 Å². The van der Waals surface area contributed by atoms with Gasteiger partial charge in [-0.3, -0.25) is 0 Å². The van der Waals surface area contributed by atoms with Gasteiger partial charge in [0.25, 0.3) is 0 Å². The Morgan fingerprint density at radius 2 is 1.84 bits per heavy atom. The molecule has 2 aromatic rings. The number of methoxy groups -OCH3 is 1. The monoisotopic (exact) mass is 375 g/mol. The quantitative estimate of drug-likeness (QED) is 0.812. The molecule has 2 aromatic carbocycles. The van der Waals surface area contributed by atoms with Gasteiger partial charge in [-0.25, -0.2) is 0 Å². The lowest BCUT2D eigenvalue weighted by molar-refractivity contribution is 0.382. The number of thiocarbonyl (C=S) groups is 1. The van der Waals surface area contributed by atoms with Crippen LogP contribution in [0, 0.1) is 6.92 Å². The molecule has 1 aliphatic heterocycles. The van der Waals surface area contributed by atoms with E-state index in [1.54, 1.807) is 7.11 Å². The summed E-state index contributed by atoms with van der Waals surface area (Å²) in [5.74, 6) is 0.908. The predicted molar refractivity (Wildman–Crippen MR) is 109 cm³/mol. The first-order chi connectivity index (χ1) is 12.1. The van der Waals surface area contributed by atoms with Crippen LogP contribution in [0.4, 0.5) is 11.4 Å². The van der Waals surface area contributed by atoms with Gasteiger partial charge in [-0.15, -0.1) is 0 Å². The summed E-state index contributed by atoms with van der Waals surface area (Å²) in [6, 6.07) is 14.0. The topological polar surface area (TPSA) is 27.7 Å². The van der Waals surface area contributed by atoms with Gasteiger partial charge >= 0.3 is 0 Å². The van der Waals surface area contributed by atoms with E-state index in [-0.39, 0.29) is 0 Å². The van der Waals surface area contributed by atoms with Crippen molar-refractivity contribution in [2.75, 3.05) is 43.5 Å². The van der Waals surface area contributed by atoms with E-state index in [2.05, 4.69) is 21.2 Å². The molecule has 1 aliphatic rings. The maximum Gasteiger partial charge on any atom is 0.173 e. The summed E-state index contributed by atoms with van der Waals surface area (Å²) in [6.07, 6.45) is 0. The van der Waals surface area contributed by atoms with Crippen LogP contribution in [0.15, 0.2) is 42.5 Å². The van der Waals surface area contributed by atoms with Crippen LogP contribution in [0.25, 0.3) is 0 Å². The Labute approximate surface area is 159 Å². The number of nitrogens with one attached hydrogen (secondary N) is 1. The molecule has 1 N–H and O–H groups in total. The number of hydrogen-bond acceptors (Lipinski definition) is 3. The Hall–Kier alpha value is -1.98. The Bertz CT molecular complexity index is 760. The standard InChI is InChI=1S/C19H22ClN3OS/c1-14-7-8-15(13-16(14)20)21-19(25)23-11-9-22(10-12-23)17-5-3-4-6-18(17)24-2/h3-8,13H,9-12H2,1-2H3,(H,21,25). The van der Waals surface area contributed by atoms with Gasteiger partial charge in [0.15, 0.2) is 5.11 Å². The second-order valence-electron chi connectivity index (χ2n) is 6.04. The molecule has 0 aliphatic carbocycles. The molecule has 0 bridgehead atoms. The molecule has 0 spiro atoms. The van der Waals surface area contributed by atoms with E-state index in [1.807, 2.05) is 43.3 Å². The normalized spacial score (nSPS) is 14.4. The first kappa shape index (κ1) is 17.8. The zero-order valence-corrected chi connectivity index (χ0v) is 16.0. The highest BCUT2D eigenvalue weighted by Crippen LogP contribution is 2.28. The van der Waals surface area contributed by atoms with Crippen LogP contribution in [0.3, 0.4) is 0 Å². The third-order valence-corrected chi connectivity index (χ3v) is 5.18. The third kappa shape index (κ3) is 4.17. The molecule has 0 radical (unpaired) electrons. The summed E-state index contributed by atoms with van der Waals surface area (Å²) in [7, 11) is 1.71. The van der Waals surface area contributed by atoms with E-state index in [4.69, 9.17) is 28.6 Å². The number of rotatable bonds is 3. The molecule has 1 fully saturated rings. The highest BCUT2D eigenvalue weighted by molar-refractivity contribution is 7.80. The second kappa shape index (κ2) is 7.93. The summed E-state index contributed by atoms with van der Waals surface area (Å²) in [5, 5.41) is 4.77. The van der Waals surface area contributed by atoms with Crippen molar-refractivity contribution in [3.8, 4) is 5.75 Å². The summed E-state index contributed by atoms with van der Waals surface area (Å²) >= 11 is 11.7. The van der Waals surface area contributed by atoms with Crippen molar-refractivity contribution in [3.63, 3.8) is 0 Å². The molecule has 4 nitrogen and oxygen atoms in total. The van der Waals surface area contributed by atoms with Crippen molar-refractivity contribution in [2.24, 2.45) is 0 Å². The molecule has 0 saturated carbocycles. The fourth-order valence-corrected chi connectivity index (χ4v) is 3.40. The summed E-state index contributed by atoms with van der Waals surface area (Å²) in [5.41, 5.74) is 3.12. The van der Waals surface area contributed by atoms with Crippen LogP contribution in [0.2, 0.25) is 5.02 Å². The molecule has 3 rings (SSSR count). The minimum atomic E-state index is 0.736. The number of hydrogen-bond donors (Lipinski definition) is 1. The largest absolute Gasteiger partial charge is 0.495 e. The Kier molecular flexibility index (Phi) is 5.66. The second-order valence-corrected chi connectivity index (χ2v) is 6.83. The number of aryl methyl sites for hydroxylation is 1. The average Bonchev–Trinajstić information content (AvgIpc) is 2.65. The number of halogens is 1. The van der Waals surface area contributed by atoms with Crippen LogP contribution in [-0.4, -0.2) is 43.3 Å². The first-order valence-corrected chi connectivity index (χ1v) is 9.07. The predicted octanol–water partition coefficient (Wildman–Crippen LogP) is 4.18. The van der Waals surface area contributed by atoms with Gasteiger partial charge in [0.2, 0.25) is 0 Å². The fraction of sp³-hybridized carbons (Fsp3) is 0.316. The van der Waals surface area contributed by atoms with Crippen LogP contribution < -0.4 is 15.0 Å². The van der Waals surface area contributed by atoms with E-state index in [0.717, 1.165) is 59.0 Å². The molecule has 132 valence electrons. The number of ether oxygens (including phenoxy) is 1. The van der Waals surface area contributed by atoms with Crippen molar-refractivity contribution in [1.82, 2.24) is 4.90 Å². The molecule has 0 amide bonds. The highest BCUT2D eigenvalue weighted by Gasteiger charge is 2.21. The molecule has 0 unspecified atom stereocenters. The number of piperazine rings is 1. The van der Waals surface area contributed by atoms with Crippen molar-refractivity contribution < 1.29 is 4.74 Å². The molecule has 0 atom stereocenters. The van der Waals surface area contributed by atoms with E-state index in [1.165, 1.54) is 0 Å². The maximum atomic E-state index is 6.18. The van der Waals surface area contributed by atoms with Crippen molar-refractivity contribution >= 4 is 40.3 Å². The number of nitrogens with zero attached hydrogens (tertiary/aromatic N) is 2. The van der Waals surface area contributed by atoms with Gasteiger partial charge < -0.3 is 19.9 Å². The molecule has 25 heavy (non-hydrogen) atoms. The molecule has 1 saturated heterocycles. The van der Waals surface area contributed by atoms with Gasteiger partial charge in [0.1, 0.15) is 5.75 Å². The van der Waals surface area contributed by atoms with E-state index in [0.29, 0.717) is 0 Å². The van der Waals surface area contributed by atoms with Crippen molar-refractivity contribution in [2.45, 2.75) is 6.92 Å². The SMILES string of the molecule is COc1ccccc1N1CCN(C(=S)Nc2ccc(C)c(Cl)c2)CC1. The van der Waals surface area contributed by atoms with Gasteiger partial charge in [-0.2, -0.15) is 0 Å². The highest BCUT2D eigenvalue weighted by atomic mass is 35.5. The Balaban J connectivity index is 1.60. The minimum Gasteiger partial charge on any atom is -0.495 e. The van der Waals surface area contributed by atoms with Crippen LogP contribution in [0.1, 0.15) is 5.56 Å². The molecule has 0 aromatic heterocycles. The average molecular weight is 376 g/mol. The zero-order valence-electron chi connectivity index (χ0n) is 14.5. The van der Waals surface area contributed by atoms with Crippen LogP contribution >= 0.6 is 23.8 Å².